The minimum atomic E-state index is -0.668. The normalized spacial score (nSPS) is 11.8. The van der Waals surface area contributed by atoms with Crippen LogP contribution in [0.3, 0.4) is 0 Å². The Bertz CT molecular complexity index is 1140. The third kappa shape index (κ3) is 5.75. The number of pyridine rings is 1. The van der Waals surface area contributed by atoms with Crippen LogP contribution in [0.5, 0.6) is 5.75 Å². The van der Waals surface area contributed by atoms with Gasteiger partial charge >= 0.3 is 0 Å². The van der Waals surface area contributed by atoms with E-state index in [4.69, 9.17) is 33.7 Å². The lowest BCUT2D eigenvalue weighted by molar-refractivity contribution is 0.0793. The lowest BCUT2D eigenvalue weighted by Crippen LogP contribution is -2.27. The van der Waals surface area contributed by atoms with E-state index in [2.05, 4.69) is 11.9 Å². The molecule has 1 amide bonds. The summed E-state index contributed by atoms with van der Waals surface area (Å²) in [4.78, 5) is 18.5. The number of nitrogens with zero attached hydrogens (tertiary/aromatic N) is 2. The Hall–Kier alpha value is -2.83. The van der Waals surface area contributed by atoms with Gasteiger partial charge in [0.05, 0.1) is 5.02 Å². The van der Waals surface area contributed by atoms with E-state index in [0.29, 0.717) is 21.9 Å². The smallest absolute Gasteiger partial charge is 0.253 e. The van der Waals surface area contributed by atoms with Gasteiger partial charge in [-0.2, -0.15) is 0 Å². The molecule has 0 spiro atoms. The van der Waals surface area contributed by atoms with Crippen molar-refractivity contribution in [3.05, 3.63) is 75.7 Å². The van der Waals surface area contributed by atoms with E-state index in [0.717, 1.165) is 30.5 Å². The summed E-state index contributed by atoms with van der Waals surface area (Å²) in [5.41, 5.74) is 8.55. The van der Waals surface area contributed by atoms with Crippen LogP contribution in [0.2, 0.25) is 10.0 Å². The maximum atomic E-state index is 13.9. The summed E-state index contributed by atoms with van der Waals surface area (Å²) in [5, 5.41) is 0.197. The van der Waals surface area contributed by atoms with E-state index >= 15 is 0 Å². The number of aromatic nitrogens is 1. The van der Waals surface area contributed by atoms with Crippen LogP contribution in [-0.4, -0.2) is 29.4 Å². The van der Waals surface area contributed by atoms with Gasteiger partial charge in [-0.3, -0.25) is 4.79 Å². The van der Waals surface area contributed by atoms with Crippen LogP contribution in [0.15, 0.2) is 48.7 Å². The van der Waals surface area contributed by atoms with Gasteiger partial charge in [-0.15, -0.1) is 0 Å². The molecule has 1 heterocycles. The van der Waals surface area contributed by atoms with Crippen molar-refractivity contribution in [2.24, 2.45) is 0 Å². The molecule has 3 aromatic rings. The van der Waals surface area contributed by atoms with Crippen molar-refractivity contribution in [1.82, 2.24) is 9.88 Å². The summed E-state index contributed by atoms with van der Waals surface area (Å²) in [6.07, 6.45) is 2.95. The third-order valence-corrected chi connectivity index (χ3v) is 6.04. The maximum absolute atomic E-state index is 13.9. The third-order valence-electron chi connectivity index (χ3n) is 5.33. The molecule has 0 saturated carbocycles. The number of nitrogen functional groups attached to an aromatic ring is 1. The maximum Gasteiger partial charge on any atom is 0.253 e. The molecule has 0 fully saturated rings. The molecule has 0 aliphatic carbocycles. The summed E-state index contributed by atoms with van der Waals surface area (Å²) < 4.78 is 19.9. The number of hydrogen-bond acceptors (Lipinski definition) is 4. The Morgan fingerprint density at radius 2 is 1.88 bits per heavy atom. The molecule has 1 aromatic heterocycles. The summed E-state index contributed by atoms with van der Waals surface area (Å²) in [7, 11) is 1.80. The fourth-order valence-corrected chi connectivity index (χ4v) is 4.07. The average molecular weight is 490 g/mol. The number of carbonyl (C=O) groups is 1. The van der Waals surface area contributed by atoms with Crippen LogP contribution >= 0.6 is 23.2 Å². The summed E-state index contributed by atoms with van der Waals surface area (Å²) in [6, 6.07) is 11.6. The number of rotatable bonds is 8. The average Bonchev–Trinajstić information content (AvgIpc) is 2.81. The molecule has 8 heteroatoms. The van der Waals surface area contributed by atoms with E-state index in [1.807, 2.05) is 12.1 Å². The van der Waals surface area contributed by atoms with Crippen molar-refractivity contribution in [2.45, 2.75) is 32.8 Å². The van der Waals surface area contributed by atoms with Crippen molar-refractivity contribution in [1.29, 1.82) is 0 Å². The van der Waals surface area contributed by atoms with Crippen molar-refractivity contribution >= 4 is 34.9 Å². The second-order valence-electron chi connectivity index (χ2n) is 7.78. The van der Waals surface area contributed by atoms with E-state index in [1.165, 1.54) is 12.1 Å². The van der Waals surface area contributed by atoms with Gasteiger partial charge in [0.2, 0.25) is 0 Å². The van der Waals surface area contributed by atoms with Crippen LogP contribution in [0.1, 0.15) is 48.7 Å². The molecule has 174 valence electrons. The summed E-state index contributed by atoms with van der Waals surface area (Å²) in [6.45, 7) is 4.51. The molecule has 0 aliphatic heterocycles. The molecule has 3 rings (SSSR count). The van der Waals surface area contributed by atoms with Gasteiger partial charge in [-0.25, -0.2) is 9.37 Å². The highest BCUT2D eigenvalue weighted by Crippen LogP contribution is 2.37. The molecule has 1 unspecified atom stereocenters. The minimum Gasteiger partial charge on any atom is -0.482 e. The fourth-order valence-electron chi connectivity index (χ4n) is 3.39. The number of anilines is 1. The van der Waals surface area contributed by atoms with E-state index < -0.39 is 11.9 Å². The molecule has 0 saturated heterocycles. The molecule has 2 aromatic carbocycles. The van der Waals surface area contributed by atoms with Crippen LogP contribution < -0.4 is 10.5 Å². The largest absolute Gasteiger partial charge is 0.482 e. The number of hydrogen-bond donors (Lipinski definition) is 1. The molecular formula is C25H26Cl2FN3O2. The fraction of sp³-hybridized carbons (Fsp3) is 0.280. The lowest BCUT2D eigenvalue weighted by Gasteiger charge is -2.19. The number of carbonyl (C=O) groups excluding carboxylic acids is 1. The Morgan fingerprint density at radius 1 is 1.18 bits per heavy atom. The zero-order valence-corrected chi connectivity index (χ0v) is 20.3. The van der Waals surface area contributed by atoms with Crippen LogP contribution in [0.25, 0.3) is 11.1 Å². The lowest BCUT2D eigenvalue weighted by atomic mass is 10.0. The van der Waals surface area contributed by atoms with Gasteiger partial charge < -0.3 is 15.4 Å². The highest BCUT2D eigenvalue weighted by Gasteiger charge is 2.20. The highest BCUT2D eigenvalue weighted by molar-refractivity contribution is 6.36. The number of halogens is 3. The van der Waals surface area contributed by atoms with Gasteiger partial charge in [-0.1, -0.05) is 48.7 Å². The predicted molar refractivity (Wildman–Crippen MR) is 131 cm³/mol. The van der Waals surface area contributed by atoms with Crippen LogP contribution in [0.4, 0.5) is 10.2 Å². The minimum absolute atomic E-state index is 0.0212. The van der Waals surface area contributed by atoms with Gasteiger partial charge in [-0.05, 0) is 49.2 Å². The molecule has 1 atom stereocenters. The molecule has 0 radical (unpaired) electrons. The molecule has 0 aliphatic rings. The van der Waals surface area contributed by atoms with Crippen molar-refractivity contribution in [3.8, 4) is 16.9 Å². The van der Waals surface area contributed by atoms with Gasteiger partial charge in [0.1, 0.15) is 11.9 Å². The second kappa shape index (κ2) is 10.9. The van der Waals surface area contributed by atoms with Crippen molar-refractivity contribution in [2.75, 3.05) is 19.3 Å². The SMILES string of the molecule is CCCCN(C)C(=O)c1ccc(-c2cnc(N)c(OC(C)c3c(Cl)ccc(F)c3Cl)c2)cc1. The second-order valence-corrected chi connectivity index (χ2v) is 8.57. The summed E-state index contributed by atoms with van der Waals surface area (Å²) in [5.74, 6) is -0.108. The van der Waals surface area contributed by atoms with Gasteiger partial charge in [0.25, 0.3) is 5.91 Å². The number of nitrogens with two attached hydrogens (primary N) is 1. The van der Waals surface area contributed by atoms with Crippen LogP contribution in [0, 0.1) is 5.82 Å². The Labute approximate surface area is 203 Å². The van der Waals surface area contributed by atoms with E-state index in [-0.39, 0.29) is 16.7 Å². The zero-order chi connectivity index (χ0) is 24.1. The molecule has 2 N–H and O–H groups in total. The molecule has 0 bridgehead atoms. The number of amides is 1. The topological polar surface area (TPSA) is 68.5 Å². The van der Waals surface area contributed by atoms with Crippen molar-refractivity contribution in [3.63, 3.8) is 0 Å². The highest BCUT2D eigenvalue weighted by atomic mass is 35.5. The zero-order valence-electron chi connectivity index (χ0n) is 18.7. The standard InChI is InChI=1S/C25H26Cl2FN3O2/c1-4-5-12-31(3)25(32)17-8-6-16(7-9-17)18-13-21(24(29)30-14-18)33-15(2)22-19(26)10-11-20(28)23(22)27/h6-11,13-15H,4-5,12H2,1-3H3,(H2,29,30). The van der Waals surface area contributed by atoms with Gasteiger partial charge in [0, 0.05) is 41.5 Å². The number of ether oxygens (including phenoxy) is 1. The monoisotopic (exact) mass is 489 g/mol. The first-order chi connectivity index (χ1) is 15.7. The quantitative estimate of drug-likeness (QED) is 0.353. The Balaban J connectivity index is 1.82. The number of benzene rings is 2. The van der Waals surface area contributed by atoms with E-state index in [9.17, 15) is 9.18 Å². The number of unbranched alkanes of at least 4 members (excludes halogenated alkanes) is 1. The molecular weight excluding hydrogens is 464 g/mol. The first kappa shape index (κ1) is 24.8. The first-order valence-corrected chi connectivity index (χ1v) is 11.4. The van der Waals surface area contributed by atoms with Crippen molar-refractivity contribution < 1.29 is 13.9 Å². The van der Waals surface area contributed by atoms with E-state index in [1.54, 1.807) is 43.3 Å². The Kier molecular flexibility index (Phi) is 8.16. The molecule has 33 heavy (non-hydrogen) atoms. The Morgan fingerprint density at radius 3 is 2.55 bits per heavy atom. The first-order valence-electron chi connectivity index (χ1n) is 10.6. The molecule has 5 nitrogen and oxygen atoms in total. The van der Waals surface area contributed by atoms with Gasteiger partial charge in [0.15, 0.2) is 11.6 Å². The van der Waals surface area contributed by atoms with Crippen LogP contribution in [-0.2, 0) is 0 Å². The summed E-state index contributed by atoms with van der Waals surface area (Å²) >= 11 is 12.3. The predicted octanol–water partition coefficient (Wildman–Crippen LogP) is 6.79.